The smallest absolute Gasteiger partial charge is 0.131 e. The second kappa shape index (κ2) is 8.90. The summed E-state index contributed by atoms with van der Waals surface area (Å²) in [5, 5.41) is 10.5. The number of aliphatic hydroxyl groups is 1. The summed E-state index contributed by atoms with van der Waals surface area (Å²) in [5.74, 6) is 0.289. The molecule has 1 atom stereocenters. The number of aliphatic hydroxyl groups excluding tert-OH is 1. The molecule has 5 nitrogen and oxygen atoms in total. The monoisotopic (exact) mass is 379 g/mol. The molecule has 7 heteroatoms. The third kappa shape index (κ3) is 4.79. The van der Waals surface area contributed by atoms with Crippen LogP contribution in [-0.2, 0) is 13.1 Å². The number of hydrogen-bond donors (Lipinski definition) is 1. The molecule has 1 aliphatic heterocycles. The van der Waals surface area contributed by atoms with Crippen LogP contribution in [-0.4, -0.2) is 59.3 Å². The van der Waals surface area contributed by atoms with E-state index < -0.39 is 0 Å². The number of piperazine rings is 1. The van der Waals surface area contributed by atoms with Gasteiger partial charge in [0, 0.05) is 68.1 Å². The molecule has 26 heavy (non-hydrogen) atoms. The van der Waals surface area contributed by atoms with E-state index in [1.807, 2.05) is 13.1 Å². The number of halogens is 1. The van der Waals surface area contributed by atoms with Gasteiger partial charge in [0.25, 0.3) is 0 Å². The van der Waals surface area contributed by atoms with E-state index in [9.17, 15) is 9.50 Å². The molecule has 0 spiro atoms. The highest BCUT2D eigenvalue weighted by atomic mass is 32.1. The summed E-state index contributed by atoms with van der Waals surface area (Å²) in [7, 11) is 1.54. The van der Waals surface area contributed by atoms with Crippen LogP contribution in [0.3, 0.4) is 0 Å². The maximum atomic E-state index is 14.3. The predicted molar refractivity (Wildman–Crippen MR) is 101 cm³/mol. The van der Waals surface area contributed by atoms with Crippen molar-refractivity contribution in [3.63, 3.8) is 0 Å². The predicted octanol–water partition coefficient (Wildman–Crippen LogP) is 2.67. The zero-order valence-corrected chi connectivity index (χ0v) is 16.1. The Balaban J connectivity index is 1.64. The average Bonchev–Trinajstić information content (AvgIpc) is 3.03. The highest BCUT2D eigenvalue weighted by Gasteiger charge is 2.27. The van der Waals surface area contributed by atoms with Crippen molar-refractivity contribution >= 4 is 11.3 Å². The summed E-state index contributed by atoms with van der Waals surface area (Å²) in [6.07, 6.45) is 2.64. The van der Waals surface area contributed by atoms with E-state index in [4.69, 9.17) is 4.74 Å². The Labute approximate surface area is 158 Å². The molecule has 0 bridgehead atoms. The van der Waals surface area contributed by atoms with Gasteiger partial charge in [0.1, 0.15) is 11.6 Å². The molecule has 1 saturated heterocycles. The first-order valence-corrected chi connectivity index (χ1v) is 9.71. The zero-order valence-electron chi connectivity index (χ0n) is 15.3. The van der Waals surface area contributed by atoms with E-state index in [1.165, 1.54) is 18.1 Å². The van der Waals surface area contributed by atoms with Gasteiger partial charge in [-0.05, 0) is 19.4 Å². The van der Waals surface area contributed by atoms with Crippen molar-refractivity contribution in [1.29, 1.82) is 0 Å². The molecule has 0 unspecified atom stereocenters. The first-order chi connectivity index (χ1) is 12.6. The van der Waals surface area contributed by atoms with Crippen LogP contribution < -0.4 is 4.74 Å². The van der Waals surface area contributed by atoms with E-state index in [1.54, 1.807) is 23.5 Å². The lowest BCUT2D eigenvalue weighted by Gasteiger charge is -2.41. The fourth-order valence-corrected chi connectivity index (χ4v) is 4.27. The van der Waals surface area contributed by atoms with Gasteiger partial charge in [-0.25, -0.2) is 9.37 Å². The summed E-state index contributed by atoms with van der Waals surface area (Å²) in [6.45, 7) is 6.25. The van der Waals surface area contributed by atoms with Gasteiger partial charge in [-0.1, -0.05) is 6.07 Å². The van der Waals surface area contributed by atoms with Crippen LogP contribution in [0.25, 0.3) is 0 Å². The van der Waals surface area contributed by atoms with Crippen LogP contribution in [0.4, 0.5) is 4.39 Å². The van der Waals surface area contributed by atoms with Gasteiger partial charge in [0.2, 0.25) is 0 Å². The molecule has 0 amide bonds. The molecule has 3 rings (SSSR count). The Hall–Kier alpha value is -1.54. The average molecular weight is 380 g/mol. The molecular formula is C19H26FN3O2S. The molecular weight excluding hydrogens is 353 g/mol. The summed E-state index contributed by atoms with van der Waals surface area (Å²) >= 11 is 1.73. The third-order valence-electron chi connectivity index (χ3n) is 4.83. The third-order valence-corrected chi connectivity index (χ3v) is 5.73. The van der Waals surface area contributed by atoms with E-state index in [-0.39, 0.29) is 18.5 Å². The number of thiazole rings is 1. The van der Waals surface area contributed by atoms with Gasteiger partial charge in [0.15, 0.2) is 0 Å². The molecule has 0 saturated carbocycles. The molecule has 1 aliphatic rings. The Bertz CT molecular complexity index is 725. The minimum atomic E-state index is -0.241. The number of methoxy groups -OCH3 is 1. The fourth-order valence-electron chi connectivity index (χ4n) is 3.43. The lowest BCUT2D eigenvalue weighted by Crippen LogP contribution is -2.52. The molecule has 2 heterocycles. The van der Waals surface area contributed by atoms with Gasteiger partial charge in [0.05, 0.1) is 12.1 Å². The highest BCUT2D eigenvalue weighted by molar-refractivity contribution is 7.11. The topological polar surface area (TPSA) is 48.8 Å². The number of benzene rings is 1. The van der Waals surface area contributed by atoms with Crippen molar-refractivity contribution in [2.75, 3.05) is 33.4 Å². The summed E-state index contributed by atoms with van der Waals surface area (Å²) < 4.78 is 19.4. The summed E-state index contributed by atoms with van der Waals surface area (Å²) in [6, 6.07) is 5.22. The second-order valence-electron chi connectivity index (χ2n) is 6.67. The van der Waals surface area contributed by atoms with E-state index in [2.05, 4.69) is 14.8 Å². The number of rotatable bonds is 7. The van der Waals surface area contributed by atoms with Crippen LogP contribution in [0.5, 0.6) is 5.75 Å². The van der Waals surface area contributed by atoms with E-state index in [0.717, 1.165) is 31.2 Å². The van der Waals surface area contributed by atoms with Gasteiger partial charge < -0.3 is 9.84 Å². The van der Waals surface area contributed by atoms with Crippen LogP contribution in [0.2, 0.25) is 0 Å². The van der Waals surface area contributed by atoms with Gasteiger partial charge in [-0.15, -0.1) is 11.3 Å². The Morgan fingerprint density at radius 2 is 2.19 bits per heavy atom. The quantitative estimate of drug-likeness (QED) is 0.802. The van der Waals surface area contributed by atoms with Gasteiger partial charge in [-0.2, -0.15) is 0 Å². The molecule has 1 aromatic carbocycles. The molecule has 1 aromatic heterocycles. The Morgan fingerprint density at radius 3 is 2.85 bits per heavy atom. The number of ether oxygens (including phenoxy) is 1. The Morgan fingerprint density at radius 1 is 1.35 bits per heavy atom. The first-order valence-electron chi connectivity index (χ1n) is 8.90. The standard InChI is InChI=1S/C19H26FN3O2S/c1-14-21-10-18(26-14)13-22-6-7-23(16(12-22)5-8-24)11-15-3-4-17(25-2)9-19(15)20/h3-4,9-10,16,24H,5-8,11-13H2,1-2H3/t16-/m1/s1. The van der Waals surface area contributed by atoms with Crippen molar-refractivity contribution in [2.24, 2.45) is 0 Å². The normalized spacial score (nSPS) is 19.0. The Kier molecular flexibility index (Phi) is 6.58. The van der Waals surface area contributed by atoms with Crippen molar-refractivity contribution in [1.82, 2.24) is 14.8 Å². The molecule has 0 radical (unpaired) electrons. The number of nitrogens with zero attached hydrogens (tertiary/aromatic N) is 3. The van der Waals surface area contributed by atoms with Crippen LogP contribution >= 0.6 is 11.3 Å². The minimum absolute atomic E-state index is 0.139. The van der Waals surface area contributed by atoms with Crippen LogP contribution in [0.1, 0.15) is 21.9 Å². The highest BCUT2D eigenvalue weighted by Crippen LogP contribution is 2.23. The van der Waals surface area contributed by atoms with Gasteiger partial charge in [-0.3, -0.25) is 9.80 Å². The van der Waals surface area contributed by atoms with Crippen LogP contribution in [0.15, 0.2) is 24.4 Å². The lowest BCUT2D eigenvalue weighted by atomic mass is 10.1. The summed E-state index contributed by atoms with van der Waals surface area (Å²) in [4.78, 5) is 10.3. The zero-order chi connectivity index (χ0) is 18.5. The maximum Gasteiger partial charge on any atom is 0.131 e. The molecule has 0 aliphatic carbocycles. The first kappa shape index (κ1) is 19.2. The molecule has 1 fully saturated rings. The molecule has 1 N–H and O–H groups in total. The SMILES string of the molecule is COc1ccc(CN2CCN(Cc3cnc(C)s3)C[C@H]2CCO)c(F)c1. The largest absolute Gasteiger partial charge is 0.497 e. The lowest BCUT2D eigenvalue weighted by molar-refractivity contribution is 0.0497. The van der Waals surface area contributed by atoms with E-state index >= 15 is 0 Å². The number of aromatic nitrogens is 1. The van der Waals surface area contributed by atoms with Crippen LogP contribution in [0, 0.1) is 12.7 Å². The van der Waals surface area contributed by atoms with Gasteiger partial charge >= 0.3 is 0 Å². The maximum absolute atomic E-state index is 14.3. The van der Waals surface area contributed by atoms with Crippen molar-refractivity contribution in [3.05, 3.63) is 45.7 Å². The summed E-state index contributed by atoms with van der Waals surface area (Å²) in [5.41, 5.74) is 0.667. The molecule has 2 aromatic rings. The van der Waals surface area contributed by atoms with E-state index in [0.29, 0.717) is 24.3 Å². The number of hydrogen-bond acceptors (Lipinski definition) is 6. The van der Waals surface area contributed by atoms with Crippen molar-refractivity contribution in [3.8, 4) is 5.75 Å². The number of aryl methyl sites for hydroxylation is 1. The molecule has 142 valence electrons. The van der Waals surface area contributed by atoms with Crippen molar-refractivity contribution in [2.45, 2.75) is 32.5 Å². The minimum Gasteiger partial charge on any atom is -0.497 e. The fraction of sp³-hybridized carbons (Fsp3) is 0.526. The van der Waals surface area contributed by atoms with Crippen molar-refractivity contribution < 1.29 is 14.2 Å². The second-order valence-corrected chi connectivity index (χ2v) is 7.99.